The van der Waals surface area contributed by atoms with Gasteiger partial charge in [0.25, 0.3) is 0 Å². The van der Waals surface area contributed by atoms with E-state index in [1.54, 1.807) is 0 Å². The molecule has 0 aromatic heterocycles. The molecular weight excluding hydrogens is 238 g/mol. The Bertz CT molecular complexity index is 444. The first-order valence-electron chi connectivity index (χ1n) is 7.37. The molecule has 0 spiro atoms. The third-order valence-electron chi connectivity index (χ3n) is 4.20. The van der Waals surface area contributed by atoms with E-state index in [2.05, 4.69) is 37.4 Å². The number of hydrogen-bond acceptors (Lipinski definition) is 3. The van der Waals surface area contributed by atoms with Crippen molar-refractivity contribution in [2.75, 3.05) is 19.8 Å². The molecule has 1 saturated carbocycles. The summed E-state index contributed by atoms with van der Waals surface area (Å²) in [6.45, 7) is 6.86. The first-order chi connectivity index (χ1) is 9.24. The van der Waals surface area contributed by atoms with Gasteiger partial charge >= 0.3 is 0 Å². The Morgan fingerprint density at radius 1 is 1.16 bits per heavy atom. The van der Waals surface area contributed by atoms with Crippen molar-refractivity contribution in [2.24, 2.45) is 5.92 Å². The van der Waals surface area contributed by atoms with Gasteiger partial charge in [-0.25, -0.2) is 0 Å². The second kappa shape index (κ2) is 5.41. The zero-order valence-electron chi connectivity index (χ0n) is 11.8. The maximum absolute atomic E-state index is 5.68. The summed E-state index contributed by atoms with van der Waals surface area (Å²) >= 11 is 0. The van der Waals surface area contributed by atoms with Gasteiger partial charge in [-0.05, 0) is 48.9 Å². The van der Waals surface area contributed by atoms with Crippen LogP contribution in [0.3, 0.4) is 0 Å². The Hall–Kier alpha value is -1.22. The molecule has 0 bridgehead atoms. The second-order valence-electron chi connectivity index (χ2n) is 5.91. The van der Waals surface area contributed by atoms with Crippen molar-refractivity contribution in [3.8, 4) is 11.5 Å². The van der Waals surface area contributed by atoms with Gasteiger partial charge in [0.15, 0.2) is 11.5 Å². The van der Waals surface area contributed by atoms with Gasteiger partial charge in [0.05, 0.1) is 0 Å². The van der Waals surface area contributed by atoms with Crippen LogP contribution in [-0.2, 0) is 0 Å². The molecule has 1 aliphatic carbocycles. The molecule has 3 heteroatoms. The van der Waals surface area contributed by atoms with Crippen LogP contribution < -0.4 is 14.8 Å². The van der Waals surface area contributed by atoms with Crippen LogP contribution in [0.4, 0.5) is 0 Å². The number of fused-ring (bicyclic) bond motifs is 1. The molecule has 2 unspecified atom stereocenters. The number of ether oxygens (including phenoxy) is 2. The molecule has 104 valence electrons. The minimum atomic E-state index is 0.571. The quantitative estimate of drug-likeness (QED) is 0.904. The molecule has 0 radical (unpaired) electrons. The van der Waals surface area contributed by atoms with E-state index in [1.165, 1.54) is 18.4 Å². The van der Waals surface area contributed by atoms with Crippen LogP contribution in [0.15, 0.2) is 18.2 Å². The Labute approximate surface area is 115 Å². The highest BCUT2D eigenvalue weighted by molar-refractivity contribution is 5.45. The summed E-state index contributed by atoms with van der Waals surface area (Å²) in [7, 11) is 0. The maximum atomic E-state index is 5.68. The molecule has 3 rings (SSSR count). The monoisotopic (exact) mass is 261 g/mol. The fourth-order valence-electron chi connectivity index (χ4n) is 2.93. The highest BCUT2D eigenvalue weighted by Gasteiger charge is 2.32. The average molecular weight is 261 g/mol. The molecule has 2 atom stereocenters. The maximum Gasteiger partial charge on any atom is 0.161 e. The molecule has 1 fully saturated rings. The molecule has 2 aliphatic rings. The molecule has 1 N–H and O–H groups in total. The number of hydrogen-bond donors (Lipinski definition) is 1. The zero-order chi connectivity index (χ0) is 13.2. The fourth-order valence-corrected chi connectivity index (χ4v) is 2.93. The van der Waals surface area contributed by atoms with Gasteiger partial charge in [0.1, 0.15) is 13.2 Å². The van der Waals surface area contributed by atoms with Crippen molar-refractivity contribution in [2.45, 2.75) is 38.6 Å². The Morgan fingerprint density at radius 3 is 2.63 bits per heavy atom. The second-order valence-corrected chi connectivity index (χ2v) is 5.91. The summed E-state index contributed by atoms with van der Waals surface area (Å²) in [4.78, 5) is 0. The fraction of sp³-hybridized carbons (Fsp3) is 0.625. The SMILES string of the molecule is CC(C)NCC1CCC1c1ccc2c(c1)OCCO2. The Balaban J connectivity index is 1.68. The van der Waals surface area contributed by atoms with Gasteiger partial charge in [-0.1, -0.05) is 19.9 Å². The van der Waals surface area contributed by atoms with Crippen LogP contribution in [0.25, 0.3) is 0 Å². The lowest BCUT2D eigenvalue weighted by Gasteiger charge is -2.38. The molecule has 0 amide bonds. The Morgan fingerprint density at radius 2 is 1.95 bits per heavy atom. The van der Waals surface area contributed by atoms with Crippen LogP contribution in [-0.4, -0.2) is 25.8 Å². The molecule has 1 aromatic rings. The van der Waals surface area contributed by atoms with Gasteiger partial charge in [-0.15, -0.1) is 0 Å². The summed E-state index contributed by atoms with van der Waals surface area (Å²) in [5.41, 5.74) is 1.41. The third-order valence-corrected chi connectivity index (χ3v) is 4.20. The predicted octanol–water partition coefficient (Wildman–Crippen LogP) is 2.95. The van der Waals surface area contributed by atoms with Gasteiger partial charge in [-0.3, -0.25) is 0 Å². The number of benzene rings is 1. The summed E-state index contributed by atoms with van der Waals surface area (Å²) in [6.07, 6.45) is 2.63. The third kappa shape index (κ3) is 2.71. The molecule has 1 aromatic carbocycles. The van der Waals surface area contributed by atoms with Crippen molar-refractivity contribution in [3.63, 3.8) is 0 Å². The van der Waals surface area contributed by atoms with E-state index >= 15 is 0 Å². The largest absolute Gasteiger partial charge is 0.486 e. The molecule has 1 aliphatic heterocycles. The van der Waals surface area contributed by atoms with Crippen LogP contribution in [0.1, 0.15) is 38.2 Å². The van der Waals surface area contributed by atoms with Crippen molar-refractivity contribution < 1.29 is 9.47 Å². The average Bonchev–Trinajstić information content (AvgIpc) is 2.37. The van der Waals surface area contributed by atoms with Crippen LogP contribution in [0.2, 0.25) is 0 Å². The first-order valence-corrected chi connectivity index (χ1v) is 7.37. The number of rotatable bonds is 4. The lowest BCUT2D eigenvalue weighted by molar-refractivity contribution is 0.170. The number of nitrogens with one attached hydrogen (secondary N) is 1. The molecule has 0 saturated heterocycles. The van der Waals surface area contributed by atoms with Crippen LogP contribution >= 0.6 is 0 Å². The van der Waals surface area contributed by atoms with Crippen molar-refractivity contribution in [3.05, 3.63) is 23.8 Å². The Kier molecular flexibility index (Phi) is 3.65. The van der Waals surface area contributed by atoms with E-state index in [4.69, 9.17) is 9.47 Å². The first kappa shape index (κ1) is 12.8. The van der Waals surface area contributed by atoms with Gasteiger partial charge in [-0.2, -0.15) is 0 Å². The lowest BCUT2D eigenvalue weighted by atomic mass is 9.70. The topological polar surface area (TPSA) is 30.5 Å². The highest BCUT2D eigenvalue weighted by atomic mass is 16.6. The highest BCUT2D eigenvalue weighted by Crippen LogP contribution is 2.44. The van der Waals surface area contributed by atoms with E-state index in [0.29, 0.717) is 25.2 Å². The van der Waals surface area contributed by atoms with Crippen molar-refractivity contribution >= 4 is 0 Å². The summed E-state index contributed by atoms with van der Waals surface area (Å²) in [6, 6.07) is 7.02. The van der Waals surface area contributed by atoms with Crippen LogP contribution in [0, 0.1) is 5.92 Å². The normalized spacial score (nSPS) is 25.2. The lowest BCUT2D eigenvalue weighted by Crippen LogP contribution is -2.36. The minimum Gasteiger partial charge on any atom is -0.486 e. The van der Waals surface area contributed by atoms with E-state index in [9.17, 15) is 0 Å². The summed E-state index contributed by atoms with van der Waals surface area (Å²) in [5.74, 6) is 3.27. The molecule has 3 nitrogen and oxygen atoms in total. The van der Waals surface area contributed by atoms with Crippen LogP contribution in [0.5, 0.6) is 11.5 Å². The minimum absolute atomic E-state index is 0.571. The van der Waals surface area contributed by atoms with Gasteiger partial charge in [0.2, 0.25) is 0 Å². The molecular formula is C16H23NO2. The van der Waals surface area contributed by atoms with E-state index in [0.717, 1.165) is 24.0 Å². The summed E-state index contributed by atoms with van der Waals surface area (Å²) < 4.78 is 11.3. The van der Waals surface area contributed by atoms with Crippen molar-refractivity contribution in [1.82, 2.24) is 5.32 Å². The smallest absolute Gasteiger partial charge is 0.161 e. The van der Waals surface area contributed by atoms with E-state index in [-0.39, 0.29) is 0 Å². The predicted molar refractivity (Wildman–Crippen MR) is 76.0 cm³/mol. The van der Waals surface area contributed by atoms with Gasteiger partial charge < -0.3 is 14.8 Å². The standard InChI is InChI=1S/C16H23NO2/c1-11(2)17-10-13-3-5-14(13)12-4-6-15-16(9-12)19-8-7-18-15/h4,6,9,11,13-14,17H,3,5,7-8,10H2,1-2H3. The van der Waals surface area contributed by atoms with Gasteiger partial charge in [0, 0.05) is 6.04 Å². The van der Waals surface area contributed by atoms with E-state index < -0.39 is 0 Å². The van der Waals surface area contributed by atoms with Crippen molar-refractivity contribution in [1.29, 1.82) is 0 Å². The molecule has 19 heavy (non-hydrogen) atoms. The van der Waals surface area contributed by atoms with E-state index in [1.807, 2.05) is 0 Å². The molecule has 1 heterocycles. The zero-order valence-corrected chi connectivity index (χ0v) is 11.8. The summed E-state index contributed by atoms with van der Waals surface area (Å²) in [5, 5.41) is 3.55.